The van der Waals surface area contributed by atoms with E-state index in [0.29, 0.717) is 0 Å². The number of Topliss-reactive ketones (excluding diaryl/α,β-unsaturated/α-hetero) is 1. The van der Waals surface area contributed by atoms with Gasteiger partial charge >= 0.3 is 0 Å². The number of hydrogen-bond donors (Lipinski definition) is 2. The van der Waals surface area contributed by atoms with Crippen molar-refractivity contribution in [3.8, 4) is 0 Å². The van der Waals surface area contributed by atoms with E-state index < -0.39 is 6.04 Å². The quantitative estimate of drug-likeness (QED) is 0.753. The minimum Gasteiger partial charge on any atom is -0.345 e. The highest BCUT2D eigenvalue weighted by Crippen LogP contribution is 2.08. The lowest BCUT2D eigenvalue weighted by molar-refractivity contribution is -0.130. The van der Waals surface area contributed by atoms with Crippen LogP contribution in [0.25, 0.3) is 0 Å². The lowest BCUT2D eigenvalue weighted by Crippen LogP contribution is -2.51. The largest absolute Gasteiger partial charge is 0.345 e. The van der Waals surface area contributed by atoms with Gasteiger partial charge in [-0.1, -0.05) is 13.8 Å². The number of carbonyl (C=O) groups excluding carboxylic acids is 2. The Morgan fingerprint density at radius 2 is 2.29 bits per heavy atom. The zero-order valence-electron chi connectivity index (χ0n) is 12.2. The molecule has 1 saturated heterocycles. The molecule has 21 heavy (non-hydrogen) atoms. The number of aromatic nitrogens is 4. The molecular formula is C12H23ClN6O2. The van der Waals surface area contributed by atoms with Crippen LogP contribution in [0.15, 0.2) is 6.33 Å². The molecule has 1 unspecified atom stereocenters. The summed E-state index contributed by atoms with van der Waals surface area (Å²) in [5.74, 6) is -0.221. The van der Waals surface area contributed by atoms with E-state index in [0.717, 1.165) is 19.4 Å². The highest BCUT2D eigenvalue weighted by atomic mass is 35.5. The Balaban J connectivity index is 0.00000220. The molecule has 9 heteroatoms. The molecule has 8 nitrogen and oxygen atoms in total. The van der Waals surface area contributed by atoms with E-state index in [4.69, 9.17) is 0 Å². The van der Waals surface area contributed by atoms with Crippen LogP contribution in [0.1, 0.15) is 28.1 Å². The molecule has 1 fully saturated rings. The smallest absolute Gasteiger partial charge is 0.237 e. The van der Waals surface area contributed by atoms with Crippen LogP contribution in [0.4, 0.5) is 0 Å². The van der Waals surface area contributed by atoms with E-state index in [9.17, 15) is 9.59 Å². The number of amides is 1. The number of tetrazole rings is 1. The van der Waals surface area contributed by atoms with Gasteiger partial charge in [-0.3, -0.25) is 9.59 Å². The number of ketones is 1. The van der Waals surface area contributed by atoms with Crippen molar-refractivity contribution in [3.05, 3.63) is 6.33 Å². The van der Waals surface area contributed by atoms with Crippen molar-refractivity contribution >= 4 is 24.1 Å². The van der Waals surface area contributed by atoms with Crippen molar-refractivity contribution in [1.82, 2.24) is 30.8 Å². The summed E-state index contributed by atoms with van der Waals surface area (Å²) in [4.78, 5) is 25.5. The van der Waals surface area contributed by atoms with Crippen LogP contribution in [0.2, 0.25) is 0 Å². The maximum Gasteiger partial charge on any atom is 0.237 e. The molecule has 2 N–H and O–H groups in total. The third-order valence-corrected chi connectivity index (χ3v) is 3.38. The van der Waals surface area contributed by atoms with Crippen LogP contribution in [-0.2, 0) is 16.1 Å². The molecule has 1 aliphatic heterocycles. The first-order chi connectivity index (χ1) is 9.58. The van der Waals surface area contributed by atoms with Gasteiger partial charge in [0.25, 0.3) is 0 Å². The Morgan fingerprint density at radius 3 is 2.81 bits per heavy atom. The Morgan fingerprint density at radius 1 is 1.52 bits per heavy atom. The molecule has 2 atom stereocenters. The van der Waals surface area contributed by atoms with Gasteiger partial charge in [0.2, 0.25) is 5.91 Å². The van der Waals surface area contributed by atoms with Crippen molar-refractivity contribution in [2.75, 3.05) is 6.54 Å². The first-order valence-electron chi connectivity index (χ1n) is 6.85. The Kier molecular flexibility index (Phi) is 6.70. The third kappa shape index (κ3) is 4.75. The van der Waals surface area contributed by atoms with Crippen molar-refractivity contribution in [2.24, 2.45) is 5.92 Å². The average molecular weight is 319 g/mol. The molecule has 1 aromatic rings. The Hall–Kier alpha value is -1.54. The fraction of sp³-hybridized carbons (Fsp3) is 0.750. The number of hydrogen-bond acceptors (Lipinski definition) is 6. The summed E-state index contributed by atoms with van der Waals surface area (Å²) in [5, 5.41) is 17.0. The summed E-state index contributed by atoms with van der Waals surface area (Å²) in [7, 11) is 0. The van der Waals surface area contributed by atoms with Crippen molar-refractivity contribution in [2.45, 2.75) is 45.3 Å². The normalized spacial score (nSPS) is 19.1. The van der Waals surface area contributed by atoms with Crippen LogP contribution in [0.5, 0.6) is 0 Å². The van der Waals surface area contributed by atoms with Gasteiger partial charge in [0.05, 0.1) is 12.1 Å². The van der Waals surface area contributed by atoms with Gasteiger partial charge in [-0.2, -0.15) is 4.80 Å². The molecule has 120 valence electrons. The highest BCUT2D eigenvalue weighted by molar-refractivity contribution is 5.91. The van der Waals surface area contributed by atoms with E-state index in [-0.39, 0.29) is 44.0 Å². The minimum atomic E-state index is -0.532. The maximum atomic E-state index is 12.2. The number of carbonyl (C=O) groups is 2. The predicted octanol–water partition coefficient (Wildman–Crippen LogP) is -0.197. The highest BCUT2D eigenvalue weighted by Gasteiger charge is 2.29. The van der Waals surface area contributed by atoms with Crippen molar-refractivity contribution in [3.63, 3.8) is 0 Å². The molecule has 0 bridgehead atoms. The molecule has 0 radical (unpaired) electrons. The van der Waals surface area contributed by atoms with Gasteiger partial charge in [-0.15, -0.1) is 22.6 Å². The van der Waals surface area contributed by atoms with Gasteiger partial charge in [0, 0.05) is 1.43 Å². The van der Waals surface area contributed by atoms with E-state index in [1.165, 1.54) is 11.1 Å². The summed E-state index contributed by atoms with van der Waals surface area (Å²) >= 11 is 0. The van der Waals surface area contributed by atoms with E-state index in [1.54, 1.807) is 0 Å². The molecule has 1 amide bonds. The summed E-state index contributed by atoms with van der Waals surface area (Å²) in [6.07, 6.45) is 3.08. The van der Waals surface area contributed by atoms with Crippen LogP contribution < -0.4 is 10.6 Å². The van der Waals surface area contributed by atoms with Gasteiger partial charge in [-0.25, -0.2) is 0 Å². The number of nitrogens with zero attached hydrogens (tertiary/aromatic N) is 4. The Bertz CT molecular complexity index is 464. The standard InChI is InChI=1S/C12H20N6O2.ClH.H2/c1-8(2)11(10(19)6-18-15-7-14-17-18)16-12(20)9-4-3-5-13-9;;/h7-9,11,13H,3-6H2,1-2H3,(H,16,20);2*1H/t9-,11?;;/m0../s1. The first-order valence-corrected chi connectivity index (χ1v) is 6.85. The lowest BCUT2D eigenvalue weighted by Gasteiger charge is -2.22. The second-order valence-electron chi connectivity index (χ2n) is 5.31. The predicted molar refractivity (Wildman–Crippen MR) is 80.0 cm³/mol. The summed E-state index contributed by atoms with van der Waals surface area (Å²) in [6, 6.07) is -0.718. The zero-order valence-corrected chi connectivity index (χ0v) is 13.0. The SMILES string of the molecule is CC(C)C(NC(=O)[C@@H]1CCCN1)C(=O)Cn1ncnn1.Cl.[HH]. The fourth-order valence-electron chi connectivity index (χ4n) is 2.28. The number of halogens is 1. The van der Waals surface area contributed by atoms with Crippen molar-refractivity contribution in [1.29, 1.82) is 0 Å². The average Bonchev–Trinajstić information content (AvgIpc) is 3.07. The summed E-state index contributed by atoms with van der Waals surface area (Å²) in [6.45, 7) is 4.67. The summed E-state index contributed by atoms with van der Waals surface area (Å²) < 4.78 is 0. The van der Waals surface area contributed by atoms with E-state index in [1.807, 2.05) is 13.8 Å². The first kappa shape index (κ1) is 17.5. The minimum absolute atomic E-state index is 0. The van der Waals surface area contributed by atoms with Crippen LogP contribution in [0, 0.1) is 5.92 Å². The second-order valence-corrected chi connectivity index (χ2v) is 5.31. The molecule has 0 aliphatic carbocycles. The Labute approximate surface area is 130 Å². The topological polar surface area (TPSA) is 102 Å². The number of nitrogens with one attached hydrogen (secondary N) is 2. The van der Waals surface area contributed by atoms with Crippen molar-refractivity contribution < 1.29 is 11.0 Å². The molecule has 0 spiro atoms. The van der Waals surface area contributed by atoms with E-state index in [2.05, 4.69) is 26.0 Å². The number of rotatable bonds is 6. The molecule has 0 aromatic carbocycles. The fourth-order valence-corrected chi connectivity index (χ4v) is 2.28. The monoisotopic (exact) mass is 318 g/mol. The zero-order chi connectivity index (χ0) is 14.5. The molecule has 1 aromatic heterocycles. The third-order valence-electron chi connectivity index (χ3n) is 3.38. The maximum absolute atomic E-state index is 12.2. The molecule has 1 aliphatic rings. The van der Waals surface area contributed by atoms with E-state index >= 15 is 0 Å². The van der Waals surface area contributed by atoms with Gasteiger partial charge in [0.1, 0.15) is 6.54 Å². The lowest BCUT2D eigenvalue weighted by atomic mass is 9.99. The van der Waals surface area contributed by atoms with Crippen LogP contribution in [-0.4, -0.2) is 50.5 Å². The van der Waals surface area contributed by atoms with Gasteiger partial charge in [0.15, 0.2) is 12.1 Å². The van der Waals surface area contributed by atoms with Gasteiger partial charge < -0.3 is 10.6 Å². The van der Waals surface area contributed by atoms with Gasteiger partial charge in [-0.05, 0) is 30.5 Å². The van der Waals surface area contributed by atoms with Crippen LogP contribution in [0.3, 0.4) is 0 Å². The second kappa shape index (κ2) is 8.04. The molecular weight excluding hydrogens is 296 g/mol. The van der Waals surface area contributed by atoms with Crippen LogP contribution >= 0.6 is 12.4 Å². The molecule has 2 heterocycles. The summed E-state index contributed by atoms with van der Waals surface area (Å²) in [5.41, 5.74) is 0. The molecule has 2 rings (SSSR count). The molecule has 0 saturated carbocycles.